The summed E-state index contributed by atoms with van der Waals surface area (Å²) in [5.41, 5.74) is -0.531. The second kappa shape index (κ2) is 6.04. The first kappa shape index (κ1) is 14.8. The molecule has 104 valence electrons. The SMILES string of the molecule is CC(C)(C)OC(=O)NCC1COCC1CC(=O)O. The molecule has 1 amide bonds. The number of amides is 1. The monoisotopic (exact) mass is 259 g/mol. The summed E-state index contributed by atoms with van der Waals surface area (Å²) in [5, 5.41) is 11.4. The minimum Gasteiger partial charge on any atom is -0.481 e. The van der Waals surface area contributed by atoms with Crippen molar-refractivity contribution >= 4 is 12.1 Å². The fraction of sp³-hybridized carbons (Fsp3) is 0.833. The molecule has 6 nitrogen and oxygen atoms in total. The molecule has 1 saturated heterocycles. The number of carbonyl (C=O) groups excluding carboxylic acids is 1. The van der Waals surface area contributed by atoms with E-state index in [2.05, 4.69) is 5.32 Å². The van der Waals surface area contributed by atoms with Crippen LogP contribution in [0.2, 0.25) is 0 Å². The summed E-state index contributed by atoms with van der Waals surface area (Å²) >= 11 is 0. The average Bonchev–Trinajstić information content (AvgIpc) is 2.58. The first-order valence-electron chi connectivity index (χ1n) is 6.04. The second-order valence-corrected chi connectivity index (χ2v) is 5.54. The van der Waals surface area contributed by atoms with E-state index in [0.717, 1.165) is 0 Å². The Balaban J connectivity index is 2.34. The number of aliphatic carboxylic acids is 1. The Hall–Kier alpha value is -1.30. The van der Waals surface area contributed by atoms with E-state index >= 15 is 0 Å². The van der Waals surface area contributed by atoms with Crippen LogP contribution in [0, 0.1) is 11.8 Å². The van der Waals surface area contributed by atoms with Crippen LogP contribution in [0.25, 0.3) is 0 Å². The van der Waals surface area contributed by atoms with Gasteiger partial charge in [0.15, 0.2) is 0 Å². The minimum absolute atomic E-state index is 0.0358. The molecule has 2 N–H and O–H groups in total. The number of hydrogen-bond acceptors (Lipinski definition) is 4. The van der Waals surface area contributed by atoms with Gasteiger partial charge in [-0.25, -0.2) is 4.79 Å². The molecule has 0 aromatic heterocycles. The lowest BCUT2D eigenvalue weighted by molar-refractivity contribution is -0.138. The molecule has 1 heterocycles. The normalized spacial score (nSPS) is 23.7. The van der Waals surface area contributed by atoms with Gasteiger partial charge in [0.05, 0.1) is 19.6 Å². The van der Waals surface area contributed by atoms with Crippen LogP contribution in [-0.2, 0) is 14.3 Å². The van der Waals surface area contributed by atoms with E-state index in [9.17, 15) is 9.59 Å². The molecular formula is C12H21NO5. The zero-order valence-electron chi connectivity index (χ0n) is 11.1. The van der Waals surface area contributed by atoms with Crippen LogP contribution in [0.15, 0.2) is 0 Å². The Morgan fingerprint density at radius 1 is 1.33 bits per heavy atom. The van der Waals surface area contributed by atoms with Crippen molar-refractivity contribution in [1.29, 1.82) is 0 Å². The van der Waals surface area contributed by atoms with Gasteiger partial charge in [-0.05, 0) is 26.7 Å². The van der Waals surface area contributed by atoms with Crippen LogP contribution < -0.4 is 5.32 Å². The Labute approximate surface area is 107 Å². The highest BCUT2D eigenvalue weighted by atomic mass is 16.6. The maximum atomic E-state index is 11.5. The Kier molecular flexibility index (Phi) is 4.95. The molecule has 18 heavy (non-hydrogen) atoms. The van der Waals surface area contributed by atoms with Crippen molar-refractivity contribution in [3.8, 4) is 0 Å². The number of nitrogens with one attached hydrogen (secondary N) is 1. The number of alkyl carbamates (subject to hydrolysis) is 1. The molecule has 1 aliphatic heterocycles. The zero-order valence-corrected chi connectivity index (χ0v) is 11.1. The smallest absolute Gasteiger partial charge is 0.407 e. The minimum atomic E-state index is -0.840. The molecule has 0 aromatic rings. The number of carboxylic acid groups (broad SMARTS) is 1. The van der Waals surface area contributed by atoms with Crippen LogP contribution >= 0.6 is 0 Å². The number of ether oxygens (including phenoxy) is 2. The molecule has 0 aromatic carbocycles. The molecule has 0 saturated carbocycles. The van der Waals surface area contributed by atoms with E-state index < -0.39 is 17.7 Å². The van der Waals surface area contributed by atoms with Gasteiger partial charge >= 0.3 is 12.1 Å². The van der Waals surface area contributed by atoms with Crippen LogP contribution in [0.5, 0.6) is 0 Å². The summed E-state index contributed by atoms with van der Waals surface area (Å²) in [4.78, 5) is 22.1. The first-order valence-corrected chi connectivity index (χ1v) is 6.04. The van der Waals surface area contributed by atoms with Gasteiger partial charge in [0.2, 0.25) is 0 Å². The Bertz CT molecular complexity index is 310. The lowest BCUT2D eigenvalue weighted by Crippen LogP contribution is -2.37. The molecule has 0 aliphatic carbocycles. The lowest BCUT2D eigenvalue weighted by atomic mass is 9.93. The van der Waals surface area contributed by atoms with Crippen molar-refractivity contribution in [3.63, 3.8) is 0 Å². The highest BCUT2D eigenvalue weighted by Gasteiger charge is 2.30. The summed E-state index contributed by atoms with van der Waals surface area (Å²) in [5.74, 6) is -0.848. The number of rotatable bonds is 4. The van der Waals surface area contributed by atoms with Crippen molar-refractivity contribution in [2.45, 2.75) is 32.8 Å². The third-order valence-electron chi connectivity index (χ3n) is 2.67. The molecule has 1 rings (SSSR count). The Morgan fingerprint density at radius 2 is 1.94 bits per heavy atom. The Morgan fingerprint density at radius 3 is 2.50 bits per heavy atom. The topological polar surface area (TPSA) is 84.9 Å². The molecule has 2 unspecified atom stereocenters. The fourth-order valence-electron chi connectivity index (χ4n) is 1.85. The predicted molar refractivity (Wildman–Crippen MR) is 64.3 cm³/mol. The standard InChI is InChI=1S/C12H21NO5/c1-12(2,3)18-11(16)13-5-9-7-17-6-8(9)4-10(14)15/h8-9H,4-7H2,1-3H3,(H,13,16)(H,14,15). The van der Waals surface area contributed by atoms with Gasteiger partial charge in [0, 0.05) is 12.5 Å². The predicted octanol–water partition coefficient (Wildman–Crippen LogP) is 1.25. The van der Waals surface area contributed by atoms with Crippen LogP contribution in [0.1, 0.15) is 27.2 Å². The van der Waals surface area contributed by atoms with E-state index in [1.807, 2.05) is 0 Å². The molecule has 6 heteroatoms. The van der Waals surface area contributed by atoms with Gasteiger partial charge < -0.3 is 19.9 Å². The van der Waals surface area contributed by atoms with Gasteiger partial charge in [-0.1, -0.05) is 0 Å². The van der Waals surface area contributed by atoms with E-state index in [-0.39, 0.29) is 18.3 Å². The van der Waals surface area contributed by atoms with Crippen molar-refractivity contribution in [1.82, 2.24) is 5.32 Å². The average molecular weight is 259 g/mol. The van der Waals surface area contributed by atoms with E-state index in [1.54, 1.807) is 20.8 Å². The summed E-state index contributed by atoms with van der Waals surface area (Å²) in [6.45, 7) is 6.67. The van der Waals surface area contributed by atoms with Crippen molar-refractivity contribution in [2.75, 3.05) is 19.8 Å². The van der Waals surface area contributed by atoms with Crippen LogP contribution in [-0.4, -0.2) is 42.5 Å². The third kappa shape index (κ3) is 5.35. The van der Waals surface area contributed by atoms with E-state index in [4.69, 9.17) is 14.6 Å². The van der Waals surface area contributed by atoms with Gasteiger partial charge in [0.25, 0.3) is 0 Å². The molecule has 2 atom stereocenters. The van der Waals surface area contributed by atoms with Gasteiger partial charge in [-0.3, -0.25) is 4.79 Å². The summed E-state index contributed by atoms with van der Waals surface area (Å²) < 4.78 is 10.4. The zero-order chi connectivity index (χ0) is 13.8. The highest BCUT2D eigenvalue weighted by Crippen LogP contribution is 2.23. The van der Waals surface area contributed by atoms with Gasteiger partial charge in [0.1, 0.15) is 5.60 Å². The molecule has 0 bridgehead atoms. The third-order valence-corrected chi connectivity index (χ3v) is 2.67. The quantitative estimate of drug-likeness (QED) is 0.793. The number of carboxylic acids is 1. The first-order chi connectivity index (χ1) is 8.28. The van der Waals surface area contributed by atoms with Gasteiger partial charge in [-0.2, -0.15) is 0 Å². The van der Waals surface area contributed by atoms with Crippen molar-refractivity contribution in [2.24, 2.45) is 11.8 Å². The molecule has 0 spiro atoms. The molecule has 0 radical (unpaired) electrons. The molecule has 1 fully saturated rings. The summed E-state index contributed by atoms with van der Waals surface area (Å²) in [6, 6.07) is 0. The highest BCUT2D eigenvalue weighted by molar-refractivity contribution is 5.68. The number of carbonyl (C=O) groups is 2. The lowest BCUT2D eigenvalue weighted by Gasteiger charge is -2.21. The second-order valence-electron chi connectivity index (χ2n) is 5.54. The maximum absolute atomic E-state index is 11.5. The van der Waals surface area contributed by atoms with Gasteiger partial charge in [-0.15, -0.1) is 0 Å². The number of hydrogen-bond donors (Lipinski definition) is 2. The van der Waals surface area contributed by atoms with E-state index in [1.165, 1.54) is 0 Å². The summed E-state index contributed by atoms with van der Waals surface area (Å²) in [6.07, 6.45) is -0.413. The van der Waals surface area contributed by atoms with E-state index in [0.29, 0.717) is 19.8 Å². The van der Waals surface area contributed by atoms with Crippen LogP contribution in [0.3, 0.4) is 0 Å². The van der Waals surface area contributed by atoms with Crippen molar-refractivity contribution < 1.29 is 24.2 Å². The molecular weight excluding hydrogens is 238 g/mol. The van der Waals surface area contributed by atoms with Crippen molar-refractivity contribution in [3.05, 3.63) is 0 Å². The largest absolute Gasteiger partial charge is 0.481 e. The summed E-state index contributed by atoms with van der Waals surface area (Å²) in [7, 11) is 0. The fourth-order valence-corrected chi connectivity index (χ4v) is 1.85. The molecule has 1 aliphatic rings. The van der Waals surface area contributed by atoms with Crippen LogP contribution in [0.4, 0.5) is 4.79 Å². The maximum Gasteiger partial charge on any atom is 0.407 e.